The van der Waals surface area contributed by atoms with E-state index in [0.29, 0.717) is 15.7 Å². The van der Waals surface area contributed by atoms with Crippen LogP contribution in [0.5, 0.6) is 0 Å². The topological polar surface area (TPSA) is 50.5 Å². The molecular weight excluding hydrogens is 321 g/mol. The van der Waals surface area contributed by atoms with Gasteiger partial charge in [0.1, 0.15) is 11.5 Å². The molecule has 1 amide bonds. The van der Waals surface area contributed by atoms with E-state index >= 15 is 0 Å². The highest BCUT2D eigenvalue weighted by Gasteiger charge is 2.15. The number of carbonyl (C=O) groups excluding carboxylic acids is 1. The molecule has 1 aromatic heterocycles. The Labute approximate surface area is 116 Å². The number of carbonyl (C=O) groups is 1. The molecule has 6 heteroatoms. The van der Waals surface area contributed by atoms with Crippen LogP contribution in [0.2, 0.25) is 0 Å². The largest absolute Gasteiger partial charge is 0.423 e. The lowest BCUT2D eigenvalue weighted by molar-refractivity contribution is -0.116. The summed E-state index contributed by atoms with van der Waals surface area (Å²) in [4.78, 5) is 24.1. The molecule has 0 unspecified atom stereocenters. The van der Waals surface area contributed by atoms with Gasteiger partial charge in [-0.2, -0.15) is 0 Å². The molecule has 94 valence electrons. The number of amides is 1. The van der Waals surface area contributed by atoms with Crippen molar-refractivity contribution in [1.82, 2.24) is 0 Å². The molecule has 0 aliphatic carbocycles. The number of fused-ring (bicyclic) bond motifs is 1. The molecule has 0 atom stereocenters. The Morgan fingerprint density at radius 1 is 1.39 bits per heavy atom. The summed E-state index contributed by atoms with van der Waals surface area (Å²) in [6, 6.07) is 6.32. The van der Waals surface area contributed by atoms with E-state index in [-0.39, 0.29) is 11.8 Å². The predicted molar refractivity (Wildman–Crippen MR) is 74.3 cm³/mol. The molecule has 2 rings (SSSR count). The summed E-state index contributed by atoms with van der Waals surface area (Å²) in [7, 11) is 1.63. The summed E-state index contributed by atoms with van der Waals surface area (Å²) in [6.07, 6.45) is 0. The minimum absolute atomic E-state index is 0.0924. The van der Waals surface area contributed by atoms with Gasteiger partial charge in [0, 0.05) is 18.5 Å². The molecular formula is C12H9BrClNO3. The Kier molecular flexibility index (Phi) is 3.73. The van der Waals surface area contributed by atoms with Crippen LogP contribution in [0.25, 0.3) is 11.0 Å². The quantitative estimate of drug-likeness (QED) is 0.628. The van der Waals surface area contributed by atoms with Crippen LogP contribution in [-0.2, 0) is 4.79 Å². The van der Waals surface area contributed by atoms with Crippen molar-refractivity contribution < 1.29 is 9.21 Å². The summed E-state index contributed by atoms with van der Waals surface area (Å²) in [5, 5.41) is 0.723. The van der Waals surface area contributed by atoms with E-state index in [1.54, 1.807) is 25.2 Å². The van der Waals surface area contributed by atoms with Gasteiger partial charge in [-0.3, -0.25) is 4.79 Å². The Morgan fingerprint density at radius 3 is 2.78 bits per heavy atom. The molecule has 0 aliphatic heterocycles. The lowest BCUT2D eigenvalue weighted by Gasteiger charge is -2.18. The average molecular weight is 331 g/mol. The Hall–Kier alpha value is -1.33. The molecule has 0 saturated heterocycles. The first kappa shape index (κ1) is 13.1. The maximum absolute atomic E-state index is 11.6. The Morgan fingerprint density at radius 2 is 2.11 bits per heavy atom. The molecule has 1 aromatic carbocycles. The first-order chi connectivity index (χ1) is 8.54. The third-order valence-corrected chi connectivity index (χ3v) is 3.63. The highest BCUT2D eigenvalue weighted by molar-refractivity contribution is 9.10. The van der Waals surface area contributed by atoms with Gasteiger partial charge in [0.2, 0.25) is 5.91 Å². The zero-order chi connectivity index (χ0) is 13.3. The molecule has 2 aromatic rings. The fourth-order valence-electron chi connectivity index (χ4n) is 1.58. The van der Waals surface area contributed by atoms with E-state index in [4.69, 9.17) is 16.0 Å². The third-order valence-electron chi connectivity index (χ3n) is 2.57. The monoisotopic (exact) mass is 329 g/mol. The van der Waals surface area contributed by atoms with Crippen LogP contribution in [0, 0.1) is 0 Å². The van der Waals surface area contributed by atoms with E-state index in [2.05, 4.69) is 15.9 Å². The van der Waals surface area contributed by atoms with Crippen LogP contribution >= 0.6 is 27.5 Å². The number of benzene rings is 1. The molecule has 18 heavy (non-hydrogen) atoms. The zero-order valence-corrected chi connectivity index (χ0v) is 11.8. The highest BCUT2D eigenvalue weighted by Crippen LogP contribution is 2.32. The van der Waals surface area contributed by atoms with Gasteiger partial charge in [-0.1, -0.05) is 0 Å². The maximum Gasteiger partial charge on any atom is 0.336 e. The minimum Gasteiger partial charge on any atom is -0.423 e. The number of anilines is 1. The van der Waals surface area contributed by atoms with E-state index in [1.807, 2.05) is 0 Å². The first-order valence-electron chi connectivity index (χ1n) is 5.09. The van der Waals surface area contributed by atoms with E-state index < -0.39 is 5.63 Å². The normalized spacial score (nSPS) is 10.6. The van der Waals surface area contributed by atoms with E-state index in [0.717, 1.165) is 5.39 Å². The van der Waals surface area contributed by atoms with Crippen molar-refractivity contribution >= 4 is 50.1 Å². The van der Waals surface area contributed by atoms with Crippen molar-refractivity contribution in [2.75, 3.05) is 17.8 Å². The van der Waals surface area contributed by atoms with Crippen LogP contribution in [0.15, 0.2) is 37.9 Å². The smallest absolute Gasteiger partial charge is 0.336 e. The van der Waals surface area contributed by atoms with Gasteiger partial charge in [0.15, 0.2) is 0 Å². The van der Waals surface area contributed by atoms with Gasteiger partial charge in [-0.25, -0.2) is 4.79 Å². The first-order valence-corrected chi connectivity index (χ1v) is 6.42. The Bertz CT molecular complexity index is 668. The van der Waals surface area contributed by atoms with Gasteiger partial charge >= 0.3 is 5.63 Å². The third kappa shape index (κ3) is 2.28. The molecule has 0 fully saturated rings. The lowest BCUT2D eigenvalue weighted by atomic mass is 10.2. The number of rotatable bonds is 2. The van der Waals surface area contributed by atoms with Crippen molar-refractivity contribution in [2.45, 2.75) is 0 Å². The van der Waals surface area contributed by atoms with Crippen molar-refractivity contribution in [3.63, 3.8) is 0 Å². The fraction of sp³-hybridized carbons (Fsp3) is 0.167. The molecule has 0 radical (unpaired) electrons. The summed E-state index contributed by atoms with van der Waals surface area (Å²) in [6.45, 7) is 0. The second-order valence-corrected chi connectivity index (χ2v) is 4.71. The van der Waals surface area contributed by atoms with Crippen LogP contribution in [0.4, 0.5) is 5.69 Å². The SMILES string of the molecule is CN(C(=O)CCl)c1ccc2oc(=O)ccc2c1Br. The van der Waals surface area contributed by atoms with E-state index in [9.17, 15) is 9.59 Å². The highest BCUT2D eigenvalue weighted by atomic mass is 79.9. The van der Waals surface area contributed by atoms with E-state index in [1.165, 1.54) is 11.0 Å². The summed E-state index contributed by atoms with van der Waals surface area (Å²) < 4.78 is 5.73. The summed E-state index contributed by atoms with van der Waals surface area (Å²) >= 11 is 8.93. The second-order valence-electron chi connectivity index (χ2n) is 3.65. The molecule has 0 saturated carbocycles. The molecule has 0 N–H and O–H groups in total. The van der Waals surface area contributed by atoms with Gasteiger partial charge in [0.05, 0.1) is 10.2 Å². The number of nitrogens with zero attached hydrogens (tertiary/aromatic N) is 1. The predicted octanol–water partition coefficient (Wildman–Crippen LogP) is 2.76. The zero-order valence-electron chi connectivity index (χ0n) is 9.44. The van der Waals surface area contributed by atoms with Gasteiger partial charge in [0.25, 0.3) is 0 Å². The minimum atomic E-state index is -0.410. The number of hydrogen-bond donors (Lipinski definition) is 0. The van der Waals surface area contributed by atoms with Crippen molar-refractivity contribution in [2.24, 2.45) is 0 Å². The van der Waals surface area contributed by atoms with Crippen LogP contribution in [0.3, 0.4) is 0 Å². The molecule has 4 nitrogen and oxygen atoms in total. The Balaban J connectivity index is 2.61. The summed E-state index contributed by atoms with van der Waals surface area (Å²) in [5.74, 6) is -0.306. The molecule has 0 bridgehead atoms. The number of hydrogen-bond acceptors (Lipinski definition) is 3. The molecule has 0 spiro atoms. The average Bonchev–Trinajstić information content (AvgIpc) is 2.37. The van der Waals surface area contributed by atoms with Gasteiger partial charge in [-0.05, 0) is 34.1 Å². The number of alkyl halides is 1. The van der Waals surface area contributed by atoms with Crippen LogP contribution < -0.4 is 10.5 Å². The summed E-state index contributed by atoms with van der Waals surface area (Å²) in [5.41, 5.74) is 0.721. The maximum atomic E-state index is 11.6. The number of halogens is 2. The van der Waals surface area contributed by atoms with Crippen molar-refractivity contribution in [3.8, 4) is 0 Å². The van der Waals surface area contributed by atoms with Crippen molar-refractivity contribution in [3.05, 3.63) is 39.2 Å². The molecule has 1 heterocycles. The van der Waals surface area contributed by atoms with Crippen LogP contribution in [-0.4, -0.2) is 18.8 Å². The fourth-order valence-corrected chi connectivity index (χ4v) is 2.49. The van der Waals surface area contributed by atoms with Gasteiger partial charge in [-0.15, -0.1) is 11.6 Å². The lowest BCUT2D eigenvalue weighted by Crippen LogP contribution is -2.27. The second kappa shape index (κ2) is 5.12. The standard InChI is InChI=1S/C12H9BrClNO3/c1-15(10(16)6-14)8-3-4-9-7(12(8)13)2-5-11(17)18-9/h2-5H,6H2,1H3. The van der Waals surface area contributed by atoms with Crippen molar-refractivity contribution in [1.29, 1.82) is 0 Å². The van der Waals surface area contributed by atoms with Gasteiger partial charge < -0.3 is 9.32 Å². The van der Waals surface area contributed by atoms with Crippen LogP contribution in [0.1, 0.15) is 0 Å². The molecule has 0 aliphatic rings.